The van der Waals surface area contributed by atoms with E-state index in [4.69, 9.17) is 4.74 Å². The van der Waals surface area contributed by atoms with Gasteiger partial charge in [0, 0.05) is 81.3 Å². The summed E-state index contributed by atoms with van der Waals surface area (Å²) in [6, 6.07) is 3.77. The van der Waals surface area contributed by atoms with E-state index >= 15 is 8.63 Å². The monoisotopic (exact) mass is 842 g/mol. The highest BCUT2D eigenvalue weighted by atomic mass is 19.2. The molecule has 2 saturated heterocycles. The lowest BCUT2D eigenvalue weighted by molar-refractivity contribution is -0.362. The molecule has 4 aliphatic heterocycles. The third-order valence-electron chi connectivity index (χ3n) is 17.2. The molecule has 2 amide bonds. The van der Waals surface area contributed by atoms with E-state index < -0.39 is 6.97 Å². The van der Waals surface area contributed by atoms with Crippen molar-refractivity contribution in [3.05, 3.63) is 63.7 Å². The van der Waals surface area contributed by atoms with Crippen molar-refractivity contribution < 1.29 is 32.6 Å². The van der Waals surface area contributed by atoms with Crippen molar-refractivity contribution in [2.75, 3.05) is 26.2 Å². The van der Waals surface area contributed by atoms with Crippen LogP contribution in [0.3, 0.4) is 0 Å². The molecular formula is C49H70BF2N5O4. The Kier molecular flexibility index (Phi) is 11.5. The molecular weight excluding hydrogens is 771 g/mol. The highest BCUT2D eigenvalue weighted by Crippen LogP contribution is 2.65. The van der Waals surface area contributed by atoms with Crippen LogP contribution in [0, 0.1) is 35.0 Å². The normalized spacial score (nSPS) is 36.0. The number of aryl methyl sites for hydroxylation is 1. The van der Waals surface area contributed by atoms with Crippen LogP contribution in [0.1, 0.15) is 136 Å². The molecule has 0 aromatic carbocycles. The van der Waals surface area contributed by atoms with Gasteiger partial charge in [-0.05, 0) is 137 Å². The average Bonchev–Trinajstić information content (AvgIpc) is 3.96. The third kappa shape index (κ3) is 7.36. The van der Waals surface area contributed by atoms with E-state index in [1.165, 1.54) is 24.0 Å². The van der Waals surface area contributed by atoms with Gasteiger partial charge in [0.05, 0.1) is 17.8 Å². The highest BCUT2D eigenvalue weighted by molar-refractivity contribution is 6.58. The lowest BCUT2D eigenvalue weighted by Gasteiger charge is -2.49. The molecule has 8 unspecified atom stereocenters. The summed E-state index contributed by atoms with van der Waals surface area (Å²) >= 11 is 0. The standard InChI is InChI=1S/C49H70BF2N5O4/c1-30-24-44-47(34(5)49(61-44)20-18-39-40-15-11-35-26-38(58)17-19-48(35,6)42(40)28-41(39)33(49)4)55(29-30)23-22-54-45(59)10-8-7-9-21-53-46(60)16-14-36-12-13-37-27-43-31(2)25-32(3)56(43)50(51,52)57(36)37/h11-13,25,27,30,34,38-40,42,44,47,58H,7-10,14-24,26,28-29H2,1-6H3,(H,53,60)(H,54,59)/t30?,34?,38-,39?,40?,42?,44-,47?,48?,49?/m0/s1. The van der Waals surface area contributed by atoms with Crippen molar-refractivity contribution in [2.45, 2.75) is 155 Å². The Bertz CT molecular complexity index is 2100. The van der Waals surface area contributed by atoms with Gasteiger partial charge in [-0.15, -0.1) is 0 Å². The van der Waals surface area contributed by atoms with Crippen molar-refractivity contribution in [3.63, 3.8) is 0 Å². The summed E-state index contributed by atoms with van der Waals surface area (Å²) < 4.78 is 41.0. The number of carbonyl (C=O) groups excluding carboxylic acids is 2. The fourth-order valence-corrected chi connectivity index (χ4v) is 14.2. The van der Waals surface area contributed by atoms with Crippen molar-refractivity contribution in [2.24, 2.45) is 35.0 Å². The number of piperidine rings is 1. The van der Waals surface area contributed by atoms with Gasteiger partial charge in [0.15, 0.2) is 5.70 Å². The van der Waals surface area contributed by atoms with Crippen molar-refractivity contribution in [1.29, 1.82) is 0 Å². The van der Waals surface area contributed by atoms with Gasteiger partial charge in [-0.1, -0.05) is 44.4 Å². The molecule has 4 aliphatic carbocycles. The van der Waals surface area contributed by atoms with Crippen LogP contribution in [-0.2, 0) is 20.7 Å². The molecule has 1 aromatic heterocycles. The molecule has 1 spiro atoms. The summed E-state index contributed by atoms with van der Waals surface area (Å²) in [5.41, 5.74) is 7.61. The van der Waals surface area contributed by atoms with Crippen molar-refractivity contribution in [1.82, 2.24) is 20.0 Å². The second-order valence-corrected chi connectivity index (χ2v) is 20.8. The molecule has 332 valence electrons. The number of aliphatic hydroxyl groups excluding tert-OH is 1. The van der Waals surface area contributed by atoms with Crippen LogP contribution in [0.4, 0.5) is 8.63 Å². The van der Waals surface area contributed by atoms with Crippen molar-refractivity contribution >= 4 is 30.6 Å². The first-order valence-corrected chi connectivity index (χ1v) is 23.9. The van der Waals surface area contributed by atoms with Gasteiger partial charge in [0.1, 0.15) is 5.71 Å². The Morgan fingerprint density at radius 3 is 2.61 bits per heavy atom. The molecule has 4 fully saturated rings. The van der Waals surface area contributed by atoms with Crippen LogP contribution in [0.5, 0.6) is 0 Å². The van der Waals surface area contributed by atoms with E-state index in [0.717, 1.165) is 85.4 Å². The van der Waals surface area contributed by atoms with Gasteiger partial charge in [-0.25, -0.2) is 0 Å². The first-order chi connectivity index (χ1) is 29.1. The zero-order valence-electron chi connectivity index (χ0n) is 37.6. The number of unbranched alkanes of at least 4 members (excludes halogenated alkanes) is 2. The molecule has 0 radical (unpaired) electrons. The minimum atomic E-state index is -4.03. The van der Waals surface area contributed by atoms with Gasteiger partial charge in [0.25, 0.3) is 0 Å². The van der Waals surface area contributed by atoms with Gasteiger partial charge >= 0.3 is 6.97 Å². The van der Waals surface area contributed by atoms with E-state index in [9.17, 15) is 14.7 Å². The fourth-order valence-electron chi connectivity index (χ4n) is 14.2. The Hall–Kier alpha value is -3.35. The molecule has 9 rings (SSSR count). The van der Waals surface area contributed by atoms with Crippen LogP contribution < -0.4 is 10.6 Å². The van der Waals surface area contributed by atoms with Gasteiger partial charge in [-0.3, -0.25) is 14.5 Å². The van der Waals surface area contributed by atoms with Gasteiger partial charge < -0.3 is 38.1 Å². The molecule has 1 aromatic rings. The number of halogens is 2. The lowest BCUT2D eigenvalue weighted by atomic mass is 9.56. The SMILES string of the molecule is CC1=CC(C)=[N+]2C1=Cc1ccc(CCC(=O)NCCCCCC(=O)NCCN3CC(C)C[C@@H]4OC5(CCC6C(=C5C)CC5C6CC=C6C[C@@H](O)CCC65C)C(C)C43)n1[B-]2(F)F. The number of hydrogen-bond acceptors (Lipinski definition) is 5. The number of nitrogens with zero attached hydrogens (tertiary/aromatic N) is 3. The maximum atomic E-state index is 15.7. The van der Waals surface area contributed by atoms with Crippen LogP contribution in [-0.4, -0.2) is 93.5 Å². The molecule has 5 heterocycles. The minimum absolute atomic E-state index is 0.0711. The summed E-state index contributed by atoms with van der Waals surface area (Å²) in [4.78, 5) is 28.2. The average molecular weight is 842 g/mol. The quantitative estimate of drug-likeness (QED) is 0.113. The third-order valence-corrected chi connectivity index (χ3v) is 17.2. The Morgan fingerprint density at radius 2 is 1.79 bits per heavy atom. The highest BCUT2D eigenvalue weighted by Gasteiger charge is 2.62. The number of fused-ring (bicyclic) bond motifs is 8. The largest absolute Gasteiger partial charge is 0.737 e. The topological polar surface area (TPSA) is 98.8 Å². The fraction of sp³-hybridized carbons (Fsp3) is 0.694. The van der Waals surface area contributed by atoms with Gasteiger partial charge in [0.2, 0.25) is 11.8 Å². The number of likely N-dealkylation sites (tertiary alicyclic amines) is 1. The number of nitrogens with one attached hydrogen (secondary N) is 2. The van der Waals surface area contributed by atoms with E-state index in [1.54, 1.807) is 36.8 Å². The maximum Gasteiger partial charge on any atom is 0.737 e. The summed E-state index contributed by atoms with van der Waals surface area (Å²) in [6.45, 7) is 12.2. The van der Waals surface area contributed by atoms with Crippen molar-refractivity contribution in [3.8, 4) is 0 Å². The van der Waals surface area contributed by atoms with E-state index in [-0.39, 0.29) is 47.9 Å². The number of aliphatic hydroxyl groups is 1. The molecule has 9 nitrogen and oxygen atoms in total. The molecule has 3 N–H and O–H groups in total. The number of ether oxygens (including phenoxy) is 1. The Balaban J connectivity index is 0.711. The minimum Gasteiger partial charge on any atom is -0.394 e. The number of allylic oxidation sites excluding steroid dienone is 4. The number of aromatic nitrogens is 1. The van der Waals surface area contributed by atoms with Crippen LogP contribution in [0.15, 0.2) is 52.3 Å². The maximum absolute atomic E-state index is 15.7. The second kappa shape index (κ2) is 16.3. The first kappa shape index (κ1) is 42.9. The lowest BCUT2D eigenvalue weighted by Crippen LogP contribution is -2.54. The zero-order chi connectivity index (χ0) is 43.0. The van der Waals surface area contributed by atoms with Crippen LogP contribution in [0.2, 0.25) is 0 Å². The second-order valence-electron chi connectivity index (χ2n) is 20.8. The molecule has 61 heavy (non-hydrogen) atoms. The Labute approximate surface area is 362 Å². The van der Waals surface area contributed by atoms with Gasteiger partial charge in [-0.2, -0.15) is 0 Å². The van der Waals surface area contributed by atoms with Crippen LogP contribution >= 0.6 is 0 Å². The van der Waals surface area contributed by atoms with E-state index in [0.29, 0.717) is 77.9 Å². The smallest absolute Gasteiger partial charge is 0.394 e. The van der Waals surface area contributed by atoms with Crippen LogP contribution in [0.25, 0.3) is 6.08 Å². The Morgan fingerprint density at radius 1 is 1.00 bits per heavy atom. The summed E-state index contributed by atoms with van der Waals surface area (Å²) in [6.07, 6.45) is 18.0. The number of carbonyl (C=O) groups is 2. The van der Waals surface area contributed by atoms with E-state index in [1.807, 2.05) is 6.92 Å². The summed E-state index contributed by atoms with van der Waals surface area (Å²) in [5, 5.41) is 16.6. The first-order valence-electron chi connectivity index (χ1n) is 23.9. The zero-order valence-corrected chi connectivity index (χ0v) is 37.6. The predicted octanol–water partition coefficient (Wildman–Crippen LogP) is 7.95. The molecule has 12 heteroatoms. The number of rotatable bonds is 12. The number of amides is 2. The molecule has 0 bridgehead atoms. The summed E-state index contributed by atoms with van der Waals surface area (Å²) in [7, 11) is 0. The summed E-state index contributed by atoms with van der Waals surface area (Å²) in [5.74, 6) is 2.90. The van der Waals surface area contributed by atoms with E-state index in [2.05, 4.69) is 49.3 Å². The number of hydrogen-bond donors (Lipinski definition) is 3. The predicted molar refractivity (Wildman–Crippen MR) is 237 cm³/mol. The molecule has 8 aliphatic rings. The molecule has 2 saturated carbocycles. The molecule has 10 atom stereocenters.